The highest BCUT2D eigenvalue weighted by molar-refractivity contribution is 7.99. The van der Waals surface area contributed by atoms with Crippen molar-refractivity contribution in [3.63, 3.8) is 0 Å². The standard InChI is InChI=1S/C16H23N3OS/c1-3-9-17-12-15-13(2)18-19(16(15)21-11-10-20)14-7-5-4-6-8-14/h4-8,17,20H,3,9-12H2,1-2H3. The largest absolute Gasteiger partial charge is 0.396 e. The summed E-state index contributed by atoms with van der Waals surface area (Å²) in [6.07, 6.45) is 1.12. The first kappa shape index (κ1) is 16.1. The number of aryl methyl sites for hydroxylation is 1. The zero-order valence-electron chi connectivity index (χ0n) is 12.7. The lowest BCUT2D eigenvalue weighted by atomic mass is 10.2. The predicted octanol–water partition coefficient (Wildman–Crippen LogP) is 2.76. The predicted molar refractivity (Wildman–Crippen MR) is 88.1 cm³/mol. The monoisotopic (exact) mass is 305 g/mol. The summed E-state index contributed by atoms with van der Waals surface area (Å²) in [7, 11) is 0. The molecule has 5 heteroatoms. The first-order chi connectivity index (χ1) is 10.3. The van der Waals surface area contributed by atoms with Crippen LogP contribution < -0.4 is 5.32 Å². The number of para-hydroxylation sites is 1. The van der Waals surface area contributed by atoms with E-state index in [9.17, 15) is 0 Å². The molecule has 1 aromatic carbocycles. The lowest BCUT2D eigenvalue weighted by Crippen LogP contribution is -2.15. The fraction of sp³-hybridized carbons (Fsp3) is 0.438. The van der Waals surface area contributed by atoms with Gasteiger partial charge < -0.3 is 10.4 Å². The molecular formula is C16H23N3OS. The zero-order valence-corrected chi connectivity index (χ0v) is 13.5. The quantitative estimate of drug-likeness (QED) is 0.581. The van der Waals surface area contributed by atoms with E-state index in [1.54, 1.807) is 11.8 Å². The molecule has 2 N–H and O–H groups in total. The van der Waals surface area contributed by atoms with Gasteiger partial charge in [-0.1, -0.05) is 25.1 Å². The van der Waals surface area contributed by atoms with Gasteiger partial charge in [0.25, 0.3) is 0 Å². The smallest absolute Gasteiger partial charge is 0.105 e. The molecule has 0 saturated heterocycles. The van der Waals surface area contributed by atoms with Crippen LogP contribution in [0.1, 0.15) is 24.6 Å². The topological polar surface area (TPSA) is 50.1 Å². The Hall–Kier alpha value is -1.30. The van der Waals surface area contributed by atoms with Crippen LogP contribution in [0.2, 0.25) is 0 Å². The number of aliphatic hydroxyl groups excluding tert-OH is 1. The van der Waals surface area contributed by atoms with Gasteiger partial charge in [0.2, 0.25) is 0 Å². The van der Waals surface area contributed by atoms with E-state index in [0.29, 0.717) is 5.75 Å². The Kier molecular flexibility index (Phi) is 6.29. The summed E-state index contributed by atoms with van der Waals surface area (Å²) in [5.74, 6) is 0.679. The lowest BCUT2D eigenvalue weighted by molar-refractivity contribution is 0.322. The van der Waals surface area contributed by atoms with Crippen molar-refractivity contribution in [2.24, 2.45) is 0 Å². The molecule has 2 rings (SSSR count). The Morgan fingerprint density at radius 1 is 1.29 bits per heavy atom. The normalized spacial score (nSPS) is 11.0. The van der Waals surface area contributed by atoms with Crippen molar-refractivity contribution in [1.29, 1.82) is 0 Å². The SMILES string of the molecule is CCCNCc1c(C)nn(-c2ccccc2)c1SCCO. The van der Waals surface area contributed by atoms with E-state index < -0.39 is 0 Å². The van der Waals surface area contributed by atoms with Gasteiger partial charge in [0, 0.05) is 17.9 Å². The summed E-state index contributed by atoms with van der Waals surface area (Å²) in [5.41, 5.74) is 3.33. The highest BCUT2D eigenvalue weighted by Gasteiger charge is 2.16. The molecule has 4 nitrogen and oxygen atoms in total. The minimum Gasteiger partial charge on any atom is -0.396 e. The fourth-order valence-electron chi connectivity index (χ4n) is 2.17. The molecule has 0 spiro atoms. The zero-order chi connectivity index (χ0) is 15.1. The molecule has 0 bridgehead atoms. The van der Waals surface area contributed by atoms with Gasteiger partial charge in [-0.2, -0.15) is 5.10 Å². The van der Waals surface area contributed by atoms with Crippen LogP contribution >= 0.6 is 11.8 Å². The molecule has 114 valence electrons. The average Bonchev–Trinajstić information content (AvgIpc) is 2.83. The van der Waals surface area contributed by atoms with E-state index in [0.717, 1.165) is 35.9 Å². The van der Waals surface area contributed by atoms with Crippen LogP contribution in [0.15, 0.2) is 35.4 Å². The average molecular weight is 305 g/mol. The lowest BCUT2D eigenvalue weighted by Gasteiger charge is -2.09. The highest BCUT2D eigenvalue weighted by Crippen LogP contribution is 2.28. The van der Waals surface area contributed by atoms with Crippen molar-refractivity contribution >= 4 is 11.8 Å². The Balaban J connectivity index is 2.33. The minimum absolute atomic E-state index is 0.172. The summed E-state index contributed by atoms with van der Waals surface area (Å²) in [5, 5.41) is 18.4. The maximum Gasteiger partial charge on any atom is 0.105 e. The number of nitrogens with zero attached hydrogens (tertiary/aromatic N) is 2. The minimum atomic E-state index is 0.172. The summed E-state index contributed by atoms with van der Waals surface area (Å²) in [4.78, 5) is 0. The second-order valence-corrected chi connectivity index (χ2v) is 5.95. The molecule has 0 aliphatic rings. The van der Waals surface area contributed by atoms with Crippen molar-refractivity contribution in [2.75, 3.05) is 18.9 Å². The number of benzene rings is 1. The first-order valence-corrected chi connectivity index (χ1v) is 8.34. The molecule has 1 aromatic heterocycles. The Labute approximate surface area is 130 Å². The van der Waals surface area contributed by atoms with Crippen LogP contribution in [0.5, 0.6) is 0 Å². The summed E-state index contributed by atoms with van der Waals surface area (Å²) >= 11 is 1.66. The van der Waals surface area contributed by atoms with E-state index in [1.807, 2.05) is 29.8 Å². The Morgan fingerprint density at radius 2 is 2.05 bits per heavy atom. The molecule has 2 aromatic rings. The van der Waals surface area contributed by atoms with E-state index in [2.05, 4.69) is 29.5 Å². The molecule has 1 heterocycles. The van der Waals surface area contributed by atoms with Crippen LogP contribution in [0.3, 0.4) is 0 Å². The van der Waals surface area contributed by atoms with Gasteiger partial charge in [-0.05, 0) is 32.0 Å². The number of aliphatic hydroxyl groups is 1. The molecule has 0 saturated carbocycles. The van der Waals surface area contributed by atoms with Gasteiger partial charge in [-0.25, -0.2) is 4.68 Å². The van der Waals surface area contributed by atoms with E-state index in [4.69, 9.17) is 5.11 Å². The van der Waals surface area contributed by atoms with Crippen molar-refractivity contribution < 1.29 is 5.11 Å². The number of thioether (sulfide) groups is 1. The van der Waals surface area contributed by atoms with Crippen LogP contribution in [-0.2, 0) is 6.54 Å². The molecular weight excluding hydrogens is 282 g/mol. The highest BCUT2D eigenvalue weighted by atomic mass is 32.2. The number of rotatable bonds is 8. The van der Waals surface area contributed by atoms with Crippen molar-refractivity contribution in [2.45, 2.75) is 31.8 Å². The number of aromatic nitrogens is 2. The van der Waals surface area contributed by atoms with Crippen LogP contribution in [0, 0.1) is 6.92 Å². The first-order valence-electron chi connectivity index (χ1n) is 7.36. The molecule has 0 amide bonds. The second kappa shape index (κ2) is 8.22. The second-order valence-electron chi connectivity index (χ2n) is 4.87. The van der Waals surface area contributed by atoms with E-state index in [-0.39, 0.29) is 6.61 Å². The molecule has 0 fully saturated rings. The summed E-state index contributed by atoms with van der Waals surface area (Å²) in [6, 6.07) is 10.1. The third-order valence-electron chi connectivity index (χ3n) is 3.20. The van der Waals surface area contributed by atoms with E-state index in [1.165, 1.54) is 5.56 Å². The molecule has 0 aliphatic carbocycles. The van der Waals surface area contributed by atoms with Gasteiger partial charge >= 0.3 is 0 Å². The molecule has 0 radical (unpaired) electrons. The van der Waals surface area contributed by atoms with Gasteiger partial charge in [0.15, 0.2) is 0 Å². The molecule has 0 aliphatic heterocycles. The van der Waals surface area contributed by atoms with Gasteiger partial charge in [-0.3, -0.25) is 0 Å². The van der Waals surface area contributed by atoms with Crippen LogP contribution in [0.4, 0.5) is 0 Å². The van der Waals surface area contributed by atoms with Gasteiger partial charge in [-0.15, -0.1) is 11.8 Å². The van der Waals surface area contributed by atoms with Crippen LogP contribution in [-0.4, -0.2) is 33.8 Å². The molecule has 0 atom stereocenters. The maximum atomic E-state index is 9.13. The summed E-state index contributed by atoms with van der Waals surface area (Å²) in [6.45, 7) is 6.20. The Morgan fingerprint density at radius 3 is 2.71 bits per heavy atom. The Bertz CT molecular complexity index is 554. The van der Waals surface area contributed by atoms with Crippen molar-refractivity contribution in [1.82, 2.24) is 15.1 Å². The third-order valence-corrected chi connectivity index (χ3v) is 4.28. The number of hydrogen-bond acceptors (Lipinski definition) is 4. The molecule has 0 unspecified atom stereocenters. The fourth-order valence-corrected chi connectivity index (χ4v) is 3.11. The third kappa shape index (κ3) is 4.09. The van der Waals surface area contributed by atoms with Crippen molar-refractivity contribution in [3.05, 3.63) is 41.6 Å². The van der Waals surface area contributed by atoms with E-state index >= 15 is 0 Å². The number of nitrogens with one attached hydrogen (secondary N) is 1. The molecule has 21 heavy (non-hydrogen) atoms. The van der Waals surface area contributed by atoms with Crippen molar-refractivity contribution in [3.8, 4) is 5.69 Å². The van der Waals surface area contributed by atoms with Gasteiger partial charge in [0.05, 0.1) is 18.0 Å². The van der Waals surface area contributed by atoms with Gasteiger partial charge in [0.1, 0.15) is 5.03 Å². The number of hydrogen-bond donors (Lipinski definition) is 2. The maximum absolute atomic E-state index is 9.13. The van der Waals surface area contributed by atoms with Crippen LogP contribution in [0.25, 0.3) is 5.69 Å². The summed E-state index contributed by atoms with van der Waals surface area (Å²) < 4.78 is 1.98.